The first-order chi connectivity index (χ1) is 7.63. The molecule has 0 saturated heterocycles. The Morgan fingerprint density at radius 3 is 2.75 bits per heavy atom. The van der Waals surface area contributed by atoms with E-state index >= 15 is 0 Å². The van der Waals surface area contributed by atoms with E-state index in [1.165, 1.54) is 12.1 Å². The zero-order valence-electron chi connectivity index (χ0n) is 8.57. The van der Waals surface area contributed by atoms with Gasteiger partial charge in [-0.25, -0.2) is 4.98 Å². The molecule has 1 aromatic heterocycles. The van der Waals surface area contributed by atoms with Crippen LogP contribution in [0.1, 0.15) is 6.92 Å². The molecule has 0 amide bonds. The van der Waals surface area contributed by atoms with Gasteiger partial charge in [0.05, 0.1) is 6.61 Å². The summed E-state index contributed by atoms with van der Waals surface area (Å²) in [7, 11) is 0. The molecule has 0 aliphatic carbocycles. The van der Waals surface area contributed by atoms with Gasteiger partial charge in [0.1, 0.15) is 22.0 Å². The maximum absolute atomic E-state index is 9.73. The maximum atomic E-state index is 9.73. The normalized spacial score (nSPS) is 10.6. The molecule has 0 spiro atoms. The highest BCUT2D eigenvalue weighted by atomic mass is 35.5. The van der Waals surface area contributed by atoms with Gasteiger partial charge in [0.15, 0.2) is 0 Å². The number of hydrogen-bond acceptors (Lipinski definition) is 4. The van der Waals surface area contributed by atoms with E-state index in [1.807, 2.05) is 6.92 Å². The number of benzene rings is 1. The van der Waals surface area contributed by atoms with Gasteiger partial charge < -0.3 is 14.9 Å². The Balaban J connectivity index is 2.73. The molecule has 0 radical (unpaired) electrons. The summed E-state index contributed by atoms with van der Waals surface area (Å²) < 4.78 is 5.18. The first-order valence-corrected chi connectivity index (χ1v) is 5.15. The molecule has 0 aliphatic heterocycles. The second kappa shape index (κ2) is 4.06. The maximum Gasteiger partial charge on any atom is 0.217 e. The minimum absolute atomic E-state index is 0.0235. The highest BCUT2D eigenvalue weighted by molar-refractivity contribution is 6.36. The molecule has 1 aromatic carbocycles. The van der Waals surface area contributed by atoms with E-state index in [-0.39, 0.29) is 22.4 Å². The van der Waals surface area contributed by atoms with Crippen LogP contribution in [0.15, 0.2) is 18.2 Å². The molecule has 0 atom stereocenters. The standard InChI is InChI=1S/C11H10ClNO3/c1-2-16-9-5-8(15)6-3-4-7(14)10(12)11(6)13-9/h3-5,14H,2H2,1H3,(H,13,15). The Morgan fingerprint density at radius 1 is 1.31 bits per heavy atom. The Labute approximate surface area is 97.1 Å². The summed E-state index contributed by atoms with van der Waals surface area (Å²) in [6.07, 6.45) is 0. The van der Waals surface area contributed by atoms with Crippen LogP contribution >= 0.6 is 11.6 Å². The minimum Gasteiger partial charge on any atom is -0.507 e. The van der Waals surface area contributed by atoms with Gasteiger partial charge in [-0.3, -0.25) is 0 Å². The fourth-order valence-corrected chi connectivity index (χ4v) is 1.64. The topological polar surface area (TPSA) is 62.6 Å². The van der Waals surface area contributed by atoms with Crippen LogP contribution in [0, 0.1) is 0 Å². The van der Waals surface area contributed by atoms with Crippen LogP contribution in [-0.2, 0) is 0 Å². The zero-order chi connectivity index (χ0) is 11.7. The molecule has 16 heavy (non-hydrogen) atoms. The number of aromatic nitrogens is 1. The molecule has 0 fully saturated rings. The summed E-state index contributed by atoms with van der Waals surface area (Å²) >= 11 is 5.89. The van der Waals surface area contributed by atoms with Crippen LogP contribution in [0.2, 0.25) is 5.02 Å². The summed E-state index contributed by atoms with van der Waals surface area (Å²) in [5.74, 6) is 0.227. The predicted octanol–water partition coefficient (Wildman–Crippen LogP) is 2.70. The van der Waals surface area contributed by atoms with Crippen molar-refractivity contribution in [2.75, 3.05) is 6.61 Å². The SMILES string of the molecule is CCOc1cc(O)c2ccc(O)c(Cl)c2n1. The van der Waals surface area contributed by atoms with Gasteiger partial charge in [0.25, 0.3) is 0 Å². The van der Waals surface area contributed by atoms with Gasteiger partial charge >= 0.3 is 0 Å². The highest BCUT2D eigenvalue weighted by Crippen LogP contribution is 2.36. The average molecular weight is 240 g/mol. The number of fused-ring (bicyclic) bond motifs is 1. The molecule has 0 saturated carbocycles. The average Bonchev–Trinajstić information content (AvgIpc) is 2.25. The van der Waals surface area contributed by atoms with E-state index in [0.29, 0.717) is 17.5 Å². The largest absolute Gasteiger partial charge is 0.507 e. The summed E-state index contributed by atoms with van der Waals surface area (Å²) in [6, 6.07) is 4.38. The number of hydrogen-bond donors (Lipinski definition) is 2. The number of ether oxygens (including phenoxy) is 1. The Bertz CT molecular complexity index is 542. The zero-order valence-corrected chi connectivity index (χ0v) is 9.32. The van der Waals surface area contributed by atoms with Crippen molar-refractivity contribution in [1.29, 1.82) is 0 Å². The van der Waals surface area contributed by atoms with Gasteiger partial charge in [-0.1, -0.05) is 11.6 Å². The number of halogens is 1. The molecule has 2 rings (SSSR count). The first-order valence-electron chi connectivity index (χ1n) is 4.77. The minimum atomic E-state index is -0.0743. The second-order valence-electron chi connectivity index (χ2n) is 3.21. The summed E-state index contributed by atoms with van der Waals surface area (Å²) in [5.41, 5.74) is 0.324. The van der Waals surface area contributed by atoms with Crippen molar-refractivity contribution in [3.63, 3.8) is 0 Å². The Hall–Kier alpha value is -1.68. The van der Waals surface area contributed by atoms with Crippen molar-refractivity contribution in [1.82, 2.24) is 4.98 Å². The molecule has 2 N–H and O–H groups in total. The number of pyridine rings is 1. The second-order valence-corrected chi connectivity index (χ2v) is 3.59. The van der Waals surface area contributed by atoms with E-state index in [4.69, 9.17) is 16.3 Å². The van der Waals surface area contributed by atoms with Crippen LogP contribution in [0.3, 0.4) is 0 Å². The number of rotatable bonds is 2. The molecule has 0 unspecified atom stereocenters. The van der Waals surface area contributed by atoms with Crippen LogP contribution in [0.4, 0.5) is 0 Å². The van der Waals surface area contributed by atoms with Crippen LogP contribution in [0.25, 0.3) is 10.9 Å². The van der Waals surface area contributed by atoms with Crippen LogP contribution in [-0.4, -0.2) is 21.8 Å². The number of nitrogens with zero attached hydrogens (tertiary/aromatic N) is 1. The fraction of sp³-hybridized carbons (Fsp3) is 0.182. The molecule has 0 aliphatic rings. The molecular weight excluding hydrogens is 230 g/mol. The molecule has 0 bridgehead atoms. The molecule has 5 heteroatoms. The van der Waals surface area contributed by atoms with Gasteiger partial charge in [-0.05, 0) is 19.1 Å². The lowest BCUT2D eigenvalue weighted by atomic mass is 10.2. The van der Waals surface area contributed by atoms with E-state index in [0.717, 1.165) is 0 Å². The van der Waals surface area contributed by atoms with Gasteiger partial charge in [0, 0.05) is 11.5 Å². The first kappa shape index (κ1) is 10.8. The third-order valence-corrected chi connectivity index (χ3v) is 2.52. The van der Waals surface area contributed by atoms with Gasteiger partial charge in [-0.2, -0.15) is 0 Å². The molecule has 2 aromatic rings. The van der Waals surface area contributed by atoms with Crippen molar-refractivity contribution in [3.05, 3.63) is 23.2 Å². The van der Waals surface area contributed by atoms with Crippen molar-refractivity contribution >= 4 is 22.5 Å². The summed E-state index contributed by atoms with van der Waals surface area (Å²) in [4.78, 5) is 4.11. The lowest BCUT2D eigenvalue weighted by Crippen LogP contribution is -1.94. The lowest BCUT2D eigenvalue weighted by Gasteiger charge is -2.07. The lowest BCUT2D eigenvalue weighted by molar-refractivity contribution is 0.326. The molecule has 4 nitrogen and oxygen atoms in total. The van der Waals surface area contributed by atoms with Crippen molar-refractivity contribution < 1.29 is 14.9 Å². The number of phenolic OH excluding ortho intramolecular Hbond substituents is 1. The van der Waals surface area contributed by atoms with Gasteiger partial charge in [0.2, 0.25) is 5.88 Å². The Morgan fingerprint density at radius 2 is 2.06 bits per heavy atom. The third-order valence-electron chi connectivity index (χ3n) is 2.15. The highest BCUT2D eigenvalue weighted by Gasteiger charge is 2.11. The summed E-state index contributed by atoms with van der Waals surface area (Å²) in [6.45, 7) is 2.25. The number of phenols is 1. The molecule has 84 valence electrons. The van der Waals surface area contributed by atoms with Crippen LogP contribution < -0.4 is 4.74 Å². The van der Waals surface area contributed by atoms with E-state index in [9.17, 15) is 10.2 Å². The third kappa shape index (κ3) is 1.72. The van der Waals surface area contributed by atoms with Crippen LogP contribution in [0.5, 0.6) is 17.4 Å². The van der Waals surface area contributed by atoms with E-state index < -0.39 is 0 Å². The number of aromatic hydroxyl groups is 2. The van der Waals surface area contributed by atoms with Crippen molar-refractivity contribution in [2.24, 2.45) is 0 Å². The predicted molar refractivity (Wildman–Crippen MR) is 61.3 cm³/mol. The van der Waals surface area contributed by atoms with Crippen molar-refractivity contribution in [3.8, 4) is 17.4 Å². The molecule has 1 heterocycles. The molecular formula is C11H10ClNO3. The quantitative estimate of drug-likeness (QED) is 0.846. The summed E-state index contributed by atoms with van der Waals surface area (Å²) in [5, 5.41) is 19.8. The van der Waals surface area contributed by atoms with E-state index in [2.05, 4.69) is 4.98 Å². The van der Waals surface area contributed by atoms with Gasteiger partial charge in [-0.15, -0.1) is 0 Å². The van der Waals surface area contributed by atoms with E-state index in [1.54, 1.807) is 6.07 Å². The monoisotopic (exact) mass is 239 g/mol. The Kier molecular flexibility index (Phi) is 2.75. The smallest absolute Gasteiger partial charge is 0.217 e. The van der Waals surface area contributed by atoms with Crippen molar-refractivity contribution in [2.45, 2.75) is 6.92 Å². The fourth-order valence-electron chi connectivity index (χ4n) is 1.43.